The molecule has 0 aliphatic heterocycles. The van der Waals surface area contributed by atoms with Gasteiger partial charge in [0.1, 0.15) is 0 Å². The third-order valence-corrected chi connectivity index (χ3v) is 7.31. The fraction of sp³-hybridized carbons (Fsp3) is 1.00. The second-order valence-corrected chi connectivity index (χ2v) is 11.2. The van der Waals surface area contributed by atoms with Gasteiger partial charge >= 0.3 is 95.3 Å². The largest absolute Gasteiger partial charge is 0.460 e. The normalized spacial score (nSPS) is 16.8. The lowest BCUT2D eigenvalue weighted by atomic mass is 9.87. The predicted molar refractivity (Wildman–Crippen MR) is 109 cm³/mol. The Balaban J connectivity index is 6.14. The fourth-order valence-corrected chi connectivity index (χ4v) is 3.75. The van der Waals surface area contributed by atoms with E-state index in [0.717, 1.165) is 0 Å². The Morgan fingerprint density at radius 2 is 0.304 bits per heavy atom. The van der Waals surface area contributed by atoms with E-state index in [1.807, 2.05) is 0 Å². The van der Waals surface area contributed by atoms with E-state index in [9.17, 15) is 149 Å². The SMILES string of the molecule is FC(F)(F)C(F)(F)C(F)(F)C(F)(F)C(F)(F)C(F)(F)C(F)(F)C(F)(F)CCCCCCC(F)(F)C(F)(F)C(F)(F)C(F)(F)C(F)(F)C(F)(F)C(F)(F)C(F)(F)F. The first kappa shape index (κ1) is 53.6. The summed E-state index contributed by atoms with van der Waals surface area (Å²) in [6.45, 7) is 0. The summed E-state index contributed by atoms with van der Waals surface area (Å²) in [5.41, 5.74) is 0. The molecule has 34 heteroatoms. The minimum Gasteiger partial charge on any atom is -0.200 e. The van der Waals surface area contributed by atoms with Crippen LogP contribution in [0.4, 0.5) is 149 Å². The minimum atomic E-state index is -9.00. The van der Waals surface area contributed by atoms with Crippen LogP contribution in [0.3, 0.4) is 0 Å². The maximum absolute atomic E-state index is 13.8. The second kappa shape index (κ2) is 14.1. The molecule has 0 heterocycles. The standard InChI is InChI=1S/C22H12F34/c23-7(24,9(27,28)11(31,32)13(35,36)15(39,40)17(43,44)19(47,48)21(51,52)53)5-3-1-2-4-6-8(25,26)10(29,30)12(33,34)14(37,38)16(41,42)18(45,46)20(49,50)22(54,55)56/h1-6H2. The third kappa shape index (κ3) is 7.30. The molecule has 0 unspecified atom stereocenters. The van der Waals surface area contributed by atoms with Crippen molar-refractivity contribution in [3.05, 3.63) is 0 Å². The highest BCUT2D eigenvalue weighted by Gasteiger charge is 2.96. The first-order valence-electron chi connectivity index (χ1n) is 13.1. The van der Waals surface area contributed by atoms with Crippen LogP contribution in [0.1, 0.15) is 38.5 Å². The van der Waals surface area contributed by atoms with Gasteiger partial charge in [0, 0.05) is 12.8 Å². The molecular weight excluding hydrogens is 910 g/mol. The average molecular weight is 922 g/mol. The molecular formula is C22H12F34. The molecule has 0 atom stereocenters. The van der Waals surface area contributed by atoms with Gasteiger partial charge in [-0.25, -0.2) is 0 Å². The molecule has 0 rings (SSSR count). The summed E-state index contributed by atoms with van der Waals surface area (Å²) in [5, 5.41) is 0. The van der Waals surface area contributed by atoms with Crippen molar-refractivity contribution in [2.24, 2.45) is 0 Å². The zero-order chi connectivity index (χ0) is 46.2. The van der Waals surface area contributed by atoms with Gasteiger partial charge in [-0.3, -0.25) is 0 Å². The molecule has 0 aromatic rings. The van der Waals surface area contributed by atoms with E-state index < -0.39 is 134 Å². The molecule has 0 amide bonds. The average Bonchev–Trinajstić information content (AvgIpc) is 2.96. The number of halogens is 34. The van der Waals surface area contributed by atoms with Crippen LogP contribution in [0, 0.1) is 0 Å². The second-order valence-electron chi connectivity index (χ2n) is 11.2. The van der Waals surface area contributed by atoms with Gasteiger partial charge in [0.05, 0.1) is 0 Å². The summed E-state index contributed by atoms with van der Waals surface area (Å²) in [6.07, 6.45) is -30.3. The monoisotopic (exact) mass is 922 g/mol. The lowest BCUT2D eigenvalue weighted by molar-refractivity contribution is -0.461. The molecule has 0 aromatic carbocycles. The number of unbranched alkanes of at least 4 members (excludes halogenated alkanes) is 3. The molecule has 0 spiro atoms. The molecule has 0 saturated carbocycles. The van der Waals surface area contributed by atoms with Crippen LogP contribution in [0.15, 0.2) is 0 Å². The van der Waals surface area contributed by atoms with E-state index in [4.69, 9.17) is 0 Å². The fourth-order valence-electron chi connectivity index (χ4n) is 3.75. The number of hydrogen-bond donors (Lipinski definition) is 0. The summed E-state index contributed by atoms with van der Waals surface area (Å²) in [5.74, 6) is -119. The lowest BCUT2D eigenvalue weighted by Gasteiger charge is -2.43. The Kier molecular flexibility index (Phi) is 13.5. The Bertz CT molecular complexity index is 1240. The summed E-state index contributed by atoms with van der Waals surface area (Å²) in [7, 11) is 0. The van der Waals surface area contributed by atoms with Gasteiger partial charge < -0.3 is 0 Å². The molecule has 56 heavy (non-hydrogen) atoms. The van der Waals surface area contributed by atoms with Crippen molar-refractivity contribution in [2.75, 3.05) is 0 Å². The number of hydrogen-bond acceptors (Lipinski definition) is 0. The molecule has 0 fully saturated rings. The Morgan fingerprint density at radius 3 is 0.464 bits per heavy atom. The van der Waals surface area contributed by atoms with Crippen LogP contribution in [0.5, 0.6) is 0 Å². The number of rotatable bonds is 19. The Hall–Kier alpha value is -2.38. The van der Waals surface area contributed by atoms with Gasteiger partial charge in [-0.05, 0) is 12.8 Å². The maximum atomic E-state index is 13.8. The first-order valence-corrected chi connectivity index (χ1v) is 13.1. The minimum absolute atomic E-state index is 1.73. The van der Waals surface area contributed by atoms with E-state index >= 15 is 0 Å². The van der Waals surface area contributed by atoms with Crippen molar-refractivity contribution in [3.63, 3.8) is 0 Å². The summed E-state index contributed by atoms with van der Waals surface area (Å²) in [4.78, 5) is 0. The molecule has 338 valence electrons. The van der Waals surface area contributed by atoms with Crippen LogP contribution in [0.25, 0.3) is 0 Å². The van der Waals surface area contributed by atoms with Crippen LogP contribution >= 0.6 is 0 Å². The molecule has 0 aliphatic carbocycles. The van der Waals surface area contributed by atoms with Crippen LogP contribution < -0.4 is 0 Å². The van der Waals surface area contributed by atoms with Gasteiger partial charge in [-0.1, -0.05) is 12.8 Å². The highest BCUT2D eigenvalue weighted by molar-refractivity contribution is 5.16. The van der Waals surface area contributed by atoms with Crippen LogP contribution in [-0.4, -0.2) is 95.3 Å². The first-order chi connectivity index (χ1) is 23.7. The zero-order valence-electron chi connectivity index (χ0n) is 25.1. The Morgan fingerprint density at radius 1 is 0.161 bits per heavy atom. The van der Waals surface area contributed by atoms with E-state index in [0.29, 0.717) is 0 Å². The van der Waals surface area contributed by atoms with Gasteiger partial charge in [-0.2, -0.15) is 149 Å². The molecule has 0 saturated heterocycles. The van der Waals surface area contributed by atoms with Crippen molar-refractivity contribution in [3.8, 4) is 0 Å². The van der Waals surface area contributed by atoms with Crippen LogP contribution in [0.2, 0.25) is 0 Å². The van der Waals surface area contributed by atoms with Gasteiger partial charge in [0.25, 0.3) is 0 Å². The van der Waals surface area contributed by atoms with Gasteiger partial charge in [-0.15, -0.1) is 0 Å². The molecule has 0 nitrogen and oxygen atoms in total. The molecule has 0 aromatic heterocycles. The predicted octanol–water partition coefficient (Wildman–Crippen LogP) is 13.3. The van der Waals surface area contributed by atoms with E-state index in [1.165, 1.54) is 0 Å². The smallest absolute Gasteiger partial charge is 0.200 e. The topological polar surface area (TPSA) is 0 Å². The maximum Gasteiger partial charge on any atom is 0.460 e. The lowest BCUT2D eigenvalue weighted by Crippen LogP contribution is -2.74. The summed E-state index contributed by atoms with van der Waals surface area (Å²) >= 11 is 0. The van der Waals surface area contributed by atoms with Gasteiger partial charge in [0.15, 0.2) is 0 Å². The van der Waals surface area contributed by atoms with Gasteiger partial charge in [0.2, 0.25) is 0 Å². The Labute approximate surface area is 284 Å². The van der Waals surface area contributed by atoms with Crippen molar-refractivity contribution >= 4 is 0 Å². The van der Waals surface area contributed by atoms with Crippen molar-refractivity contribution in [2.45, 2.75) is 134 Å². The summed E-state index contributed by atoms with van der Waals surface area (Å²) < 4.78 is 450. The van der Waals surface area contributed by atoms with E-state index in [1.54, 1.807) is 0 Å². The zero-order valence-corrected chi connectivity index (χ0v) is 25.1. The van der Waals surface area contributed by atoms with Crippen molar-refractivity contribution in [1.29, 1.82) is 0 Å². The molecule has 0 aliphatic rings. The van der Waals surface area contributed by atoms with Crippen molar-refractivity contribution in [1.82, 2.24) is 0 Å². The highest BCUT2D eigenvalue weighted by atomic mass is 19.4. The molecule has 0 bridgehead atoms. The molecule has 0 radical (unpaired) electrons. The summed E-state index contributed by atoms with van der Waals surface area (Å²) in [6, 6.07) is 0. The highest BCUT2D eigenvalue weighted by Crippen LogP contribution is 2.66. The quantitative estimate of drug-likeness (QED) is 0.0895. The number of alkyl halides is 34. The van der Waals surface area contributed by atoms with E-state index in [2.05, 4.69) is 0 Å². The molecule has 0 N–H and O–H groups in total. The van der Waals surface area contributed by atoms with E-state index in [-0.39, 0.29) is 0 Å². The van der Waals surface area contributed by atoms with Crippen LogP contribution in [-0.2, 0) is 0 Å². The third-order valence-electron chi connectivity index (χ3n) is 7.31. The van der Waals surface area contributed by atoms with Crippen molar-refractivity contribution < 1.29 is 149 Å².